The molecule has 0 aromatic carbocycles. The highest BCUT2D eigenvalue weighted by Gasteiger charge is 2.02. The largest absolute Gasteiger partial charge is 0.427 e. The molecule has 0 spiro atoms. The van der Waals surface area contributed by atoms with E-state index in [-0.39, 0.29) is 0 Å². The van der Waals surface area contributed by atoms with E-state index in [1.54, 1.807) is 6.08 Å². The number of carbonyl (C=O) groups is 1. The summed E-state index contributed by atoms with van der Waals surface area (Å²) in [6, 6.07) is 0. The maximum absolute atomic E-state index is 10.7. The molecule has 0 aromatic heterocycles. The number of ether oxygens (including phenoxy) is 1. The fourth-order valence-electron chi connectivity index (χ4n) is 0.369. The average Bonchev–Trinajstić information content (AvgIpc) is 2.00. The SMILES string of the molecule is C=CCNC(=O)OC(N)C=C. The first-order chi connectivity index (χ1) is 5.20. The first kappa shape index (κ1) is 9.71. The second-order valence-corrected chi connectivity index (χ2v) is 1.78. The smallest absolute Gasteiger partial charge is 0.409 e. The topological polar surface area (TPSA) is 64.3 Å². The van der Waals surface area contributed by atoms with Gasteiger partial charge in [0, 0.05) is 6.54 Å². The summed E-state index contributed by atoms with van der Waals surface area (Å²) in [5.74, 6) is 0. The molecule has 0 rings (SSSR count). The lowest BCUT2D eigenvalue weighted by Gasteiger charge is -2.07. The van der Waals surface area contributed by atoms with Crippen LogP contribution in [0.15, 0.2) is 25.3 Å². The molecular weight excluding hydrogens is 144 g/mol. The zero-order chi connectivity index (χ0) is 8.69. The Morgan fingerprint density at radius 1 is 1.73 bits per heavy atom. The molecule has 0 bridgehead atoms. The highest BCUT2D eigenvalue weighted by atomic mass is 16.6. The lowest BCUT2D eigenvalue weighted by Crippen LogP contribution is -2.32. The Balaban J connectivity index is 3.51. The zero-order valence-corrected chi connectivity index (χ0v) is 6.25. The van der Waals surface area contributed by atoms with Gasteiger partial charge >= 0.3 is 6.09 Å². The Morgan fingerprint density at radius 3 is 2.82 bits per heavy atom. The Kier molecular flexibility index (Phi) is 4.85. The molecule has 4 nitrogen and oxygen atoms in total. The molecule has 3 N–H and O–H groups in total. The molecule has 0 aliphatic carbocycles. The van der Waals surface area contributed by atoms with Crippen LogP contribution in [0, 0.1) is 0 Å². The first-order valence-electron chi connectivity index (χ1n) is 3.14. The van der Waals surface area contributed by atoms with Crippen LogP contribution in [0.5, 0.6) is 0 Å². The fraction of sp³-hybridized carbons (Fsp3) is 0.286. The standard InChI is InChI=1S/C7H12N2O2/c1-3-5-9-7(10)11-6(8)4-2/h3-4,6H,1-2,5,8H2,(H,9,10). The van der Waals surface area contributed by atoms with E-state index in [1.165, 1.54) is 6.08 Å². The van der Waals surface area contributed by atoms with Crippen LogP contribution in [-0.2, 0) is 4.74 Å². The van der Waals surface area contributed by atoms with Crippen LogP contribution < -0.4 is 11.1 Å². The number of amides is 1. The maximum atomic E-state index is 10.7. The Bertz CT molecular complexity index is 157. The van der Waals surface area contributed by atoms with Crippen LogP contribution >= 0.6 is 0 Å². The molecule has 1 atom stereocenters. The highest BCUT2D eigenvalue weighted by Crippen LogP contribution is 1.83. The minimum absolute atomic E-state index is 0.364. The second kappa shape index (κ2) is 5.49. The van der Waals surface area contributed by atoms with Gasteiger partial charge in [0.05, 0.1) is 0 Å². The van der Waals surface area contributed by atoms with Gasteiger partial charge in [-0.25, -0.2) is 4.79 Å². The van der Waals surface area contributed by atoms with E-state index < -0.39 is 12.3 Å². The van der Waals surface area contributed by atoms with Crippen molar-refractivity contribution in [3.63, 3.8) is 0 Å². The predicted molar refractivity (Wildman–Crippen MR) is 42.9 cm³/mol. The molecule has 4 heteroatoms. The van der Waals surface area contributed by atoms with E-state index in [2.05, 4.69) is 23.2 Å². The average molecular weight is 156 g/mol. The summed E-state index contributed by atoms with van der Waals surface area (Å²) in [7, 11) is 0. The number of nitrogens with one attached hydrogen (secondary N) is 1. The quantitative estimate of drug-likeness (QED) is 0.456. The second-order valence-electron chi connectivity index (χ2n) is 1.78. The van der Waals surface area contributed by atoms with E-state index in [0.717, 1.165) is 0 Å². The van der Waals surface area contributed by atoms with Gasteiger partial charge in [0.2, 0.25) is 0 Å². The van der Waals surface area contributed by atoms with E-state index in [4.69, 9.17) is 5.73 Å². The van der Waals surface area contributed by atoms with Crippen molar-refractivity contribution in [3.05, 3.63) is 25.3 Å². The van der Waals surface area contributed by atoms with Gasteiger partial charge in [-0.3, -0.25) is 5.73 Å². The van der Waals surface area contributed by atoms with Gasteiger partial charge in [0.15, 0.2) is 6.23 Å². The number of alkyl carbamates (subject to hydrolysis) is 1. The molecule has 1 amide bonds. The third kappa shape index (κ3) is 5.17. The molecule has 11 heavy (non-hydrogen) atoms. The lowest BCUT2D eigenvalue weighted by molar-refractivity contribution is 0.123. The van der Waals surface area contributed by atoms with Gasteiger partial charge in [-0.1, -0.05) is 12.7 Å². The number of nitrogens with two attached hydrogens (primary N) is 1. The van der Waals surface area contributed by atoms with Gasteiger partial charge in [-0.2, -0.15) is 0 Å². The van der Waals surface area contributed by atoms with Crippen LogP contribution in [0.25, 0.3) is 0 Å². The summed E-state index contributed by atoms with van der Waals surface area (Å²) in [6.45, 7) is 7.12. The van der Waals surface area contributed by atoms with Crippen molar-refractivity contribution >= 4 is 6.09 Å². The minimum Gasteiger partial charge on any atom is -0.427 e. The normalized spacial score (nSPS) is 11.4. The summed E-state index contributed by atoms with van der Waals surface area (Å²) < 4.78 is 4.56. The van der Waals surface area contributed by atoms with Gasteiger partial charge in [0.1, 0.15) is 0 Å². The monoisotopic (exact) mass is 156 g/mol. The summed E-state index contributed by atoms with van der Waals surface area (Å²) >= 11 is 0. The predicted octanol–water partition coefficient (Wildman–Crippen LogP) is 0.369. The van der Waals surface area contributed by atoms with Crippen LogP contribution in [0.4, 0.5) is 4.79 Å². The molecule has 0 fully saturated rings. The molecule has 0 aliphatic rings. The number of rotatable bonds is 4. The van der Waals surface area contributed by atoms with Crippen molar-refractivity contribution in [2.45, 2.75) is 6.23 Å². The molecule has 0 saturated carbocycles. The van der Waals surface area contributed by atoms with Crippen LogP contribution in [-0.4, -0.2) is 18.9 Å². The molecule has 0 aliphatic heterocycles. The van der Waals surface area contributed by atoms with Gasteiger partial charge < -0.3 is 10.1 Å². The van der Waals surface area contributed by atoms with Crippen molar-refractivity contribution in [1.82, 2.24) is 5.32 Å². The van der Waals surface area contributed by atoms with E-state index in [9.17, 15) is 4.79 Å². The molecule has 62 valence electrons. The Hall–Kier alpha value is -1.29. The molecule has 0 heterocycles. The summed E-state index contributed by atoms with van der Waals surface area (Å²) in [6.07, 6.45) is 1.55. The summed E-state index contributed by atoms with van der Waals surface area (Å²) in [5, 5.41) is 2.39. The minimum atomic E-state index is -0.750. The molecule has 0 saturated heterocycles. The maximum Gasteiger partial charge on any atom is 0.409 e. The van der Waals surface area contributed by atoms with E-state index >= 15 is 0 Å². The Labute approximate surface area is 65.7 Å². The summed E-state index contributed by atoms with van der Waals surface area (Å²) in [4.78, 5) is 10.7. The van der Waals surface area contributed by atoms with Gasteiger partial charge in [-0.15, -0.1) is 6.58 Å². The van der Waals surface area contributed by atoms with Gasteiger partial charge in [-0.05, 0) is 6.08 Å². The molecule has 0 radical (unpaired) electrons. The summed E-state index contributed by atoms with van der Waals surface area (Å²) in [5.41, 5.74) is 5.22. The first-order valence-corrected chi connectivity index (χ1v) is 3.14. The van der Waals surface area contributed by atoms with Crippen molar-refractivity contribution in [1.29, 1.82) is 0 Å². The van der Waals surface area contributed by atoms with Crippen LogP contribution in [0.3, 0.4) is 0 Å². The Morgan fingerprint density at radius 2 is 2.36 bits per heavy atom. The fourth-order valence-corrected chi connectivity index (χ4v) is 0.369. The van der Waals surface area contributed by atoms with E-state index in [0.29, 0.717) is 6.54 Å². The van der Waals surface area contributed by atoms with Crippen LogP contribution in [0.2, 0.25) is 0 Å². The van der Waals surface area contributed by atoms with Crippen LogP contribution in [0.1, 0.15) is 0 Å². The zero-order valence-electron chi connectivity index (χ0n) is 6.25. The highest BCUT2D eigenvalue weighted by molar-refractivity contribution is 5.67. The molecule has 1 unspecified atom stereocenters. The van der Waals surface area contributed by atoms with Crippen molar-refractivity contribution in [2.24, 2.45) is 5.73 Å². The van der Waals surface area contributed by atoms with Crippen molar-refractivity contribution < 1.29 is 9.53 Å². The third-order valence-corrected chi connectivity index (χ3v) is 0.866. The molecule has 0 aromatic rings. The number of hydrogen-bond donors (Lipinski definition) is 2. The van der Waals surface area contributed by atoms with Crippen molar-refractivity contribution in [3.8, 4) is 0 Å². The number of hydrogen-bond acceptors (Lipinski definition) is 3. The van der Waals surface area contributed by atoms with E-state index in [1.807, 2.05) is 0 Å². The van der Waals surface area contributed by atoms with Gasteiger partial charge in [0.25, 0.3) is 0 Å². The third-order valence-electron chi connectivity index (χ3n) is 0.866. The number of carbonyl (C=O) groups excluding carboxylic acids is 1. The molecular formula is C7H12N2O2. The lowest BCUT2D eigenvalue weighted by atomic mass is 10.6. The van der Waals surface area contributed by atoms with Crippen molar-refractivity contribution in [2.75, 3.05) is 6.54 Å².